The maximum atomic E-state index is 11.7. The molecule has 2 rings (SSSR count). The zero-order valence-electron chi connectivity index (χ0n) is 10.3. The van der Waals surface area contributed by atoms with E-state index in [1.54, 1.807) is 0 Å². The SMILES string of the molecule is CCCCc1cccc(N2N=C(C)CC2=O)n1. The zero-order chi connectivity index (χ0) is 12.3. The van der Waals surface area contributed by atoms with Crippen LogP contribution in [0.15, 0.2) is 23.3 Å². The molecule has 1 aliphatic heterocycles. The van der Waals surface area contributed by atoms with Crippen molar-refractivity contribution in [3.05, 3.63) is 23.9 Å². The van der Waals surface area contributed by atoms with Gasteiger partial charge in [0.2, 0.25) is 0 Å². The molecule has 17 heavy (non-hydrogen) atoms. The average molecular weight is 231 g/mol. The fourth-order valence-corrected chi connectivity index (χ4v) is 1.82. The van der Waals surface area contributed by atoms with Crippen LogP contribution in [0.25, 0.3) is 0 Å². The van der Waals surface area contributed by atoms with E-state index in [9.17, 15) is 4.79 Å². The van der Waals surface area contributed by atoms with Crippen molar-refractivity contribution >= 4 is 17.4 Å². The summed E-state index contributed by atoms with van der Waals surface area (Å²) in [6.45, 7) is 4.01. The molecule has 1 aliphatic rings. The Balaban J connectivity index is 2.18. The molecule has 0 N–H and O–H groups in total. The second-order valence-electron chi connectivity index (χ2n) is 4.31. The minimum atomic E-state index is 0.00245. The summed E-state index contributed by atoms with van der Waals surface area (Å²) in [6, 6.07) is 5.76. The van der Waals surface area contributed by atoms with Crippen LogP contribution in [0.3, 0.4) is 0 Å². The molecule has 0 saturated carbocycles. The highest BCUT2D eigenvalue weighted by molar-refractivity contribution is 6.11. The minimum absolute atomic E-state index is 0.00245. The Bertz CT molecular complexity index is 454. The Morgan fingerprint density at radius 3 is 2.88 bits per heavy atom. The number of rotatable bonds is 4. The summed E-state index contributed by atoms with van der Waals surface area (Å²) in [6.07, 6.45) is 3.62. The Labute approximate surface area is 101 Å². The highest BCUT2D eigenvalue weighted by atomic mass is 16.2. The first-order valence-corrected chi connectivity index (χ1v) is 6.03. The second kappa shape index (κ2) is 5.08. The van der Waals surface area contributed by atoms with E-state index < -0.39 is 0 Å². The van der Waals surface area contributed by atoms with Gasteiger partial charge in [-0.1, -0.05) is 19.4 Å². The van der Waals surface area contributed by atoms with E-state index in [0.29, 0.717) is 12.2 Å². The molecule has 0 saturated heterocycles. The third-order valence-electron chi connectivity index (χ3n) is 2.71. The number of nitrogens with zero attached hydrogens (tertiary/aromatic N) is 3. The molecule has 0 unspecified atom stereocenters. The summed E-state index contributed by atoms with van der Waals surface area (Å²) in [5, 5.41) is 5.61. The molecule has 90 valence electrons. The number of hydrogen-bond donors (Lipinski definition) is 0. The molecular weight excluding hydrogens is 214 g/mol. The molecule has 0 fully saturated rings. The number of hydrogen-bond acceptors (Lipinski definition) is 3. The first-order valence-electron chi connectivity index (χ1n) is 6.03. The van der Waals surface area contributed by atoms with Crippen LogP contribution in [-0.4, -0.2) is 16.6 Å². The van der Waals surface area contributed by atoms with E-state index in [0.717, 1.165) is 30.7 Å². The quantitative estimate of drug-likeness (QED) is 0.799. The first kappa shape index (κ1) is 11.8. The second-order valence-corrected chi connectivity index (χ2v) is 4.31. The van der Waals surface area contributed by atoms with Crippen molar-refractivity contribution in [3.63, 3.8) is 0 Å². The third kappa shape index (κ3) is 2.70. The number of unbranched alkanes of at least 4 members (excludes halogenated alkanes) is 1. The average Bonchev–Trinajstić information content (AvgIpc) is 2.66. The molecule has 0 aromatic carbocycles. The standard InChI is InChI=1S/C13H17N3O/c1-3-4-6-11-7-5-8-12(14-11)16-13(17)9-10(2)15-16/h5,7-8H,3-4,6,9H2,1-2H3. The summed E-state index contributed by atoms with van der Waals surface area (Å²) in [4.78, 5) is 16.2. The van der Waals surface area contributed by atoms with Crippen molar-refractivity contribution in [1.29, 1.82) is 0 Å². The number of carbonyl (C=O) groups is 1. The van der Waals surface area contributed by atoms with Gasteiger partial charge in [0.15, 0.2) is 5.82 Å². The van der Waals surface area contributed by atoms with Gasteiger partial charge in [-0.15, -0.1) is 0 Å². The van der Waals surface area contributed by atoms with Crippen molar-refractivity contribution in [2.24, 2.45) is 5.10 Å². The molecule has 0 radical (unpaired) electrons. The first-order chi connectivity index (χ1) is 8.20. The number of aryl methyl sites for hydroxylation is 1. The Morgan fingerprint density at radius 1 is 1.41 bits per heavy atom. The number of hydrazone groups is 1. The number of amides is 1. The predicted octanol–water partition coefficient (Wildman–Crippen LogP) is 2.54. The smallest absolute Gasteiger partial charge is 0.254 e. The van der Waals surface area contributed by atoms with Crippen LogP contribution in [0.5, 0.6) is 0 Å². The minimum Gasteiger partial charge on any atom is -0.272 e. The Hall–Kier alpha value is -1.71. The maximum absolute atomic E-state index is 11.7. The van der Waals surface area contributed by atoms with Crippen LogP contribution >= 0.6 is 0 Å². The Kier molecular flexibility index (Phi) is 3.52. The lowest BCUT2D eigenvalue weighted by molar-refractivity contribution is -0.116. The fourth-order valence-electron chi connectivity index (χ4n) is 1.82. The van der Waals surface area contributed by atoms with Gasteiger partial charge in [-0.25, -0.2) is 4.98 Å². The lowest BCUT2D eigenvalue weighted by Gasteiger charge is -2.11. The molecule has 1 amide bonds. The van der Waals surface area contributed by atoms with E-state index >= 15 is 0 Å². The van der Waals surface area contributed by atoms with E-state index in [1.165, 1.54) is 5.01 Å². The number of pyridine rings is 1. The summed E-state index contributed by atoms with van der Waals surface area (Å²) in [5.74, 6) is 0.642. The molecule has 0 bridgehead atoms. The monoisotopic (exact) mass is 231 g/mol. The van der Waals surface area contributed by atoms with Gasteiger partial charge < -0.3 is 0 Å². The van der Waals surface area contributed by atoms with Crippen molar-refractivity contribution in [1.82, 2.24) is 4.98 Å². The molecule has 0 aliphatic carbocycles. The lowest BCUT2D eigenvalue weighted by atomic mass is 10.2. The Morgan fingerprint density at radius 2 is 2.24 bits per heavy atom. The van der Waals surface area contributed by atoms with Crippen LogP contribution in [0.1, 0.15) is 38.8 Å². The van der Waals surface area contributed by atoms with Gasteiger partial charge >= 0.3 is 0 Å². The van der Waals surface area contributed by atoms with Gasteiger partial charge in [0.25, 0.3) is 5.91 Å². The third-order valence-corrected chi connectivity index (χ3v) is 2.71. The molecule has 4 nitrogen and oxygen atoms in total. The van der Waals surface area contributed by atoms with Crippen molar-refractivity contribution in [2.75, 3.05) is 5.01 Å². The van der Waals surface area contributed by atoms with Gasteiger partial charge in [-0.05, 0) is 31.9 Å². The van der Waals surface area contributed by atoms with Gasteiger partial charge in [0.1, 0.15) is 0 Å². The molecular formula is C13H17N3O. The van der Waals surface area contributed by atoms with E-state index in [1.807, 2.05) is 25.1 Å². The maximum Gasteiger partial charge on any atom is 0.254 e. The summed E-state index contributed by atoms with van der Waals surface area (Å²) >= 11 is 0. The predicted molar refractivity (Wildman–Crippen MR) is 68.1 cm³/mol. The highest BCUT2D eigenvalue weighted by Crippen LogP contribution is 2.18. The van der Waals surface area contributed by atoms with Gasteiger partial charge in [-0.3, -0.25) is 4.79 Å². The summed E-state index contributed by atoms with van der Waals surface area (Å²) < 4.78 is 0. The van der Waals surface area contributed by atoms with Crippen LogP contribution in [0.2, 0.25) is 0 Å². The largest absolute Gasteiger partial charge is 0.272 e. The van der Waals surface area contributed by atoms with Gasteiger partial charge in [0.05, 0.1) is 6.42 Å². The summed E-state index contributed by atoms with van der Waals surface area (Å²) in [7, 11) is 0. The van der Waals surface area contributed by atoms with Crippen LogP contribution < -0.4 is 5.01 Å². The lowest BCUT2D eigenvalue weighted by Crippen LogP contribution is -2.20. The molecule has 1 aromatic rings. The zero-order valence-corrected chi connectivity index (χ0v) is 10.3. The summed E-state index contributed by atoms with van der Waals surface area (Å²) in [5.41, 5.74) is 1.87. The van der Waals surface area contributed by atoms with E-state index in [-0.39, 0.29) is 5.91 Å². The van der Waals surface area contributed by atoms with Crippen LogP contribution in [0.4, 0.5) is 5.82 Å². The van der Waals surface area contributed by atoms with E-state index in [2.05, 4.69) is 17.0 Å². The molecule has 2 heterocycles. The van der Waals surface area contributed by atoms with Crippen molar-refractivity contribution in [2.45, 2.75) is 39.5 Å². The van der Waals surface area contributed by atoms with Crippen molar-refractivity contribution < 1.29 is 4.79 Å². The molecule has 0 spiro atoms. The van der Waals surface area contributed by atoms with Gasteiger partial charge in [0, 0.05) is 11.4 Å². The number of anilines is 1. The fraction of sp³-hybridized carbons (Fsp3) is 0.462. The van der Waals surface area contributed by atoms with Crippen molar-refractivity contribution in [3.8, 4) is 0 Å². The van der Waals surface area contributed by atoms with Crippen LogP contribution in [0, 0.1) is 0 Å². The van der Waals surface area contributed by atoms with Gasteiger partial charge in [-0.2, -0.15) is 10.1 Å². The van der Waals surface area contributed by atoms with Crippen LogP contribution in [-0.2, 0) is 11.2 Å². The number of carbonyl (C=O) groups excluding carboxylic acids is 1. The highest BCUT2D eigenvalue weighted by Gasteiger charge is 2.23. The normalized spacial score (nSPS) is 15.3. The molecule has 0 atom stereocenters. The molecule has 4 heteroatoms. The molecule has 1 aromatic heterocycles. The van der Waals surface area contributed by atoms with E-state index in [4.69, 9.17) is 0 Å². The topological polar surface area (TPSA) is 45.6 Å². The number of aromatic nitrogens is 1.